The van der Waals surface area contributed by atoms with Gasteiger partial charge < -0.3 is 11.1 Å². The van der Waals surface area contributed by atoms with E-state index in [9.17, 15) is 4.79 Å². The summed E-state index contributed by atoms with van der Waals surface area (Å²) in [7, 11) is 0. The van der Waals surface area contributed by atoms with Gasteiger partial charge >= 0.3 is 0 Å². The number of nitrogens with one attached hydrogen (secondary N) is 1. The van der Waals surface area contributed by atoms with Gasteiger partial charge in [0, 0.05) is 23.2 Å². The van der Waals surface area contributed by atoms with Crippen molar-refractivity contribution in [2.75, 3.05) is 5.32 Å². The second kappa shape index (κ2) is 5.52. The van der Waals surface area contributed by atoms with Crippen LogP contribution in [0.4, 0.5) is 5.69 Å². The maximum atomic E-state index is 11.8. The van der Waals surface area contributed by atoms with Gasteiger partial charge in [-0.2, -0.15) is 0 Å². The minimum Gasteiger partial charge on any atom is -0.327 e. The normalized spacial score (nSPS) is 23.6. The molecule has 0 spiro atoms. The van der Waals surface area contributed by atoms with Crippen molar-refractivity contribution >= 4 is 23.2 Å². The Morgan fingerprint density at radius 3 is 2.65 bits per heavy atom. The van der Waals surface area contributed by atoms with Crippen molar-refractivity contribution < 1.29 is 4.79 Å². The molecule has 1 aliphatic rings. The highest BCUT2D eigenvalue weighted by Crippen LogP contribution is 2.27. The molecule has 1 fully saturated rings. The number of amides is 1. The molecule has 1 amide bonds. The molecular formula is C13H17ClN2O. The lowest BCUT2D eigenvalue weighted by Crippen LogP contribution is -2.28. The lowest BCUT2D eigenvalue weighted by molar-refractivity contribution is -0.117. The summed E-state index contributed by atoms with van der Waals surface area (Å²) in [6, 6.07) is 7.31. The van der Waals surface area contributed by atoms with Crippen molar-refractivity contribution in [1.29, 1.82) is 0 Å². The number of hydrogen-bond donors (Lipinski definition) is 2. The first-order valence-electron chi connectivity index (χ1n) is 5.96. The molecule has 0 aliphatic heterocycles. The zero-order valence-corrected chi connectivity index (χ0v) is 10.4. The van der Waals surface area contributed by atoms with E-state index in [4.69, 9.17) is 17.3 Å². The smallest absolute Gasteiger partial charge is 0.224 e. The Balaban J connectivity index is 1.86. The first-order valence-corrected chi connectivity index (χ1v) is 6.34. The van der Waals surface area contributed by atoms with Gasteiger partial charge in [0.25, 0.3) is 0 Å². The lowest BCUT2D eigenvalue weighted by Gasteiger charge is -2.14. The van der Waals surface area contributed by atoms with Crippen molar-refractivity contribution in [3.8, 4) is 0 Å². The minimum atomic E-state index is 0.0367. The van der Waals surface area contributed by atoms with E-state index in [1.807, 2.05) is 0 Å². The summed E-state index contributed by atoms with van der Waals surface area (Å²) in [5.74, 6) is 0.372. The number of rotatable bonds is 3. The van der Waals surface area contributed by atoms with Gasteiger partial charge in [0.1, 0.15) is 0 Å². The molecule has 1 saturated carbocycles. The zero-order valence-electron chi connectivity index (χ0n) is 9.66. The van der Waals surface area contributed by atoms with Crippen molar-refractivity contribution in [2.45, 2.75) is 31.7 Å². The number of halogens is 1. The van der Waals surface area contributed by atoms with Gasteiger partial charge in [-0.25, -0.2) is 0 Å². The predicted molar refractivity (Wildman–Crippen MR) is 70.0 cm³/mol. The number of benzene rings is 1. The molecule has 3 N–H and O–H groups in total. The first-order chi connectivity index (χ1) is 8.15. The summed E-state index contributed by atoms with van der Waals surface area (Å²) in [6.45, 7) is 0. The van der Waals surface area contributed by atoms with E-state index < -0.39 is 0 Å². The van der Waals surface area contributed by atoms with E-state index in [0.717, 1.165) is 24.9 Å². The largest absolute Gasteiger partial charge is 0.327 e. The maximum absolute atomic E-state index is 11.8. The Morgan fingerprint density at radius 1 is 1.35 bits per heavy atom. The van der Waals surface area contributed by atoms with Crippen LogP contribution in [0.3, 0.4) is 0 Å². The molecule has 0 aromatic heterocycles. The number of nitrogens with two attached hydrogens (primary N) is 1. The Hall–Kier alpha value is -1.06. The maximum Gasteiger partial charge on any atom is 0.224 e. The van der Waals surface area contributed by atoms with Gasteiger partial charge in [0.2, 0.25) is 5.91 Å². The summed E-state index contributed by atoms with van der Waals surface area (Å²) in [5.41, 5.74) is 6.73. The first kappa shape index (κ1) is 12.4. The monoisotopic (exact) mass is 252 g/mol. The fourth-order valence-corrected chi connectivity index (χ4v) is 2.43. The average molecular weight is 253 g/mol. The van der Waals surface area contributed by atoms with Crippen LogP contribution in [0, 0.1) is 5.92 Å². The van der Waals surface area contributed by atoms with Gasteiger partial charge in [0.15, 0.2) is 0 Å². The molecule has 1 aliphatic carbocycles. The van der Waals surface area contributed by atoms with Crippen molar-refractivity contribution in [2.24, 2.45) is 11.7 Å². The van der Waals surface area contributed by atoms with E-state index in [2.05, 4.69) is 5.32 Å². The van der Waals surface area contributed by atoms with Crippen molar-refractivity contribution in [3.63, 3.8) is 0 Å². The number of hydrogen-bond acceptors (Lipinski definition) is 2. The van der Waals surface area contributed by atoms with E-state index in [0.29, 0.717) is 17.4 Å². The summed E-state index contributed by atoms with van der Waals surface area (Å²) in [5, 5.41) is 3.53. The van der Waals surface area contributed by atoms with Crippen LogP contribution in [0.15, 0.2) is 24.3 Å². The molecule has 2 atom stereocenters. The molecule has 1 aromatic rings. The van der Waals surface area contributed by atoms with Gasteiger partial charge in [0.05, 0.1) is 0 Å². The molecule has 4 heteroatoms. The molecule has 1 aromatic carbocycles. The predicted octanol–water partition coefficient (Wildman–Crippen LogP) is 2.80. The Bertz CT molecular complexity index is 391. The molecule has 0 radical (unpaired) electrons. The molecule has 3 nitrogen and oxygen atoms in total. The highest BCUT2D eigenvalue weighted by molar-refractivity contribution is 6.30. The Kier molecular flexibility index (Phi) is 4.02. The van der Waals surface area contributed by atoms with E-state index >= 15 is 0 Å². The number of carbonyl (C=O) groups excluding carboxylic acids is 1. The summed E-state index contributed by atoms with van der Waals surface area (Å²) < 4.78 is 0. The van der Waals surface area contributed by atoms with Gasteiger partial charge in [-0.15, -0.1) is 0 Å². The topological polar surface area (TPSA) is 55.1 Å². The van der Waals surface area contributed by atoms with E-state index in [1.54, 1.807) is 24.3 Å². The quantitative estimate of drug-likeness (QED) is 0.869. The molecule has 0 bridgehead atoms. The van der Waals surface area contributed by atoms with E-state index in [1.165, 1.54) is 0 Å². The zero-order chi connectivity index (χ0) is 12.3. The molecule has 17 heavy (non-hydrogen) atoms. The van der Waals surface area contributed by atoms with Crippen LogP contribution in [0.5, 0.6) is 0 Å². The van der Waals surface area contributed by atoms with Crippen LogP contribution in [0.1, 0.15) is 25.7 Å². The second-order valence-electron chi connectivity index (χ2n) is 4.61. The number of carbonyl (C=O) groups is 1. The van der Waals surface area contributed by atoms with Crippen LogP contribution >= 0.6 is 11.6 Å². The number of anilines is 1. The van der Waals surface area contributed by atoms with E-state index in [-0.39, 0.29) is 11.9 Å². The van der Waals surface area contributed by atoms with Crippen LogP contribution in [0.25, 0.3) is 0 Å². The van der Waals surface area contributed by atoms with Gasteiger partial charge in [-0.3, -0.25) is 4.79 Å². The third kappa shape index (κ3) is 3.45. The third-order valence-corrected chi connectivity index (χ3v) is 3.55. The molecule has 2 rings (SSSR count). The molecule has 0 saturated heterocycles. The van der Waals surface area contributed by atoms with Crippen molar-refractivity contribution in [1.82, 2.24) is 0 Å². The minimum absolute atomic E-state index is 0.0367. The van der Waals surface area contributed by atoms with Gasteiger partial charge in [-0.1, -0.05) is 18.0 Å². The summed E-state index contributed by atoms with van der Waals surface area (Å²) in [4.78, 5) is 11.8. The van der Waals surface area contributed by atoms with Crippen LogP contribution in [-0.4, -0.2) is 11.9 Å². The average Bonchev–Trinajstić information content (AvgIpc) is 2.68. The van der Waals surface area contributed by atoms with Crippen LogP contribution < -0.4 is 11.1 Å². The molecule has 0 unspecified atom stereocenters. The Labute approximate surface area is 106 Å². The highest BCUT2D eigenvalue weighted by Gasteiger charge is 2.25. The van der Waals surface area contributed by atoms with Crippen molar-refractivity contribution in [3.05, 3.63) is 29.3 Å². The molecule has 0 heterocycles. The Morgan fingerprint density at radius 2 is 2.06 bits per heavy atom. The highest BCUT2D eigenvalue weighted by atomic mass is 35.5. The fraction of sp³-hybridized carbons (Fsp3) is 0.462. The standard InChI is InChI=1S/C13H17ClN2O/c14-10-4-6-11(7-5-10)16-13(17)8-9-2-1-3-12(9)15/h4-7,9,12H,1-3,8,15H2,(H,16,17)/t9-,12+/m0/s1. The lowest BCUT2D eigenvalue weighted by atomic mass is 10.00. The molecule has 92 valence electrons. The van der Waals surface area contributed by atoms with Crippen LogP contribution in [0.2, 0.25) is 5.02 Å². The fourth-order valence-electron chi connectivity index (χ4n) is 2.30. The summed E-state index contributed by atoms with van der Waals surface area (Å²) in [6.07, 6.45) is 3.76. The van der Waals surface area contributed by atoms with Gasteiger partial charge in [-0.05, 0) is 43.0 Å². The summed E-state index contributed by atoms with van der Waals surface area (Å²) >= 11 is 5.78. The third-order valence-electron chi connectivity index (χ3n) is 3.29. The SMILES string of the molecule is N[C@@H]1CCC[C@H]1CC(=O)Nc1ccc(Cl)cc1. The molecular weight excluding hydrogens is 236 g/mol. The van der Waals surface area contributed by atoms with Crippen LogP contribution in [-0.2, 0) is 4.79 Å². The second-order valence-corrected chi connectivity index (χ2v) is 5.05.